The third kappa shape index (κ3) is 2.09. The van der Waals surface area contributed by atoms with Crippen molar-refractivity contribution in [3.8, 4) is 17.2 Å². The Hall–Kier alpha value is -2.27. The van der Waals surface area contributed by atoms with Gasteiger partial charge in [0.15, 0.2) is 23.1 Å². The average molecular weight is 301 g/mol. The summed E-state index contributed by atoms with van der Waals surface area (Å²) in [6.45, 7) is 1.10. The topological polar surface area (TPSA) is 39.7 Å². The predicted molar refractivity (Wildman–Crippen MR) is 79.1 cm³/mol. The van der Waals surface area contributed by atoms with E-state index in [1.165, 1.54) is 18.7 Å². The highest BCUT2D eigenvalue weighted by Gasteiger charge is 2.26. The zero-order valence-corrected chi connectivity index (χ0v) is 12.2. The van der Waals surface area contributed by atoms with Crippen LogP contribution >= 0.6 is 0 Å². The molecule has 22 heavy (non-hydrogen) atoms. The second kappa shape index (κ2) is 5.18. The lowest BCUT2D eigenvalue weighted by Crippen LogP contribution is -2.30. The van der Waals surface area contributed by atoms with E-state index in [0.29, 0.717) is 0 Å². The minimum atomic E-state index is -0.352. The lowest BCUT2D eigenvalue weighted by molar-refractivity contribution is 0.174. The van der Waals surface area contributed by atoms with Crippen molar-refractivity contribution in [3.05, 3.63) is 52.8 Å². The van der Waals surface area contributed by atoms with Gasteiger partial charge in [-0.2, -0.15) is 0 Å². The fraction of sp³-hybridized carbons (Fsp3) is 0.294. The molecule has 2 aromatic carbocycles. The minimum absolute atomic E-state index is 0.0568. The molecule has 0 aromatic heterocycles. The second-order valence-corrected chi connectivity index (χ2v) is 5.44. The van der Waals surface area contributed by atoms with E-state index in [1.54, 1.807) is 6.07 Å². The van der Waals surface area contributed by atoms with Gasteiger partial charge in [-0.15, -0.1) is 0 Å². The molecule has 5 heteroatoms. The maximum Gasteiger partial charge on any atom is 0.231 e. The van der Waals surface area contributed by atoms with E-state index in [2.05, 4.69) is 5.32 Å². The maximum absolute atomic E-state index is 14.0. The van der Waals surface area contributed by atoms with Crippen molar-refractivity contribution >= 4 is 0 Å². The first-order valence-electron chi connectivity index (χ1n) is 7.25. The molecule has 1 N–H and O–H groups in total. The van der Waals surface area contributed by atoms with Crippen LogP contribution in [0.2, 0.25) is 0 Å². The Kier molecular flexibility index (Phi) is 3.15. The molecule has 0 saturated heterocycles. The highest BCUT2D eigenvalue weighted by atomic mass is 19.1. The van der Waals surface area contributed by atoms with Gasteiger partial charge in [-0.1, -0.05) is 6.07 Å². The number of halogens is 1. The molecule has 2 aliphatic rings. The minimum Gasteiger partial charge on any atom is -0.494 e. The Morgan fingerprint density at radius 3 is 2.77 bits per heavy atom. The molecule has 2 aromatic rings. The molecule has 0 spiro atoms. The Balaban J connectivity index is 1.77. The molecule has 0 saturated carbocycles. The molecule has 1 atom stereocenters. The first-order chi connectivity index (χ1) is 10.8. The average Bonchev–Trinajstić information content (AvgIpc) is 2.99. The third-order valence-electron chi connectivity index (χ3n) is 4.20. The number of fused-ring (bicyclic) bond motifs is 2. The standard InChI is InChI=1S/C17H16FNO3/c1-20-14-3-2-11(6-13(14)18)17-12-8-16-15(21-9-22-16)7-10(12)4-5-19-17/h2-3,6-8,17,19H,4-5,9H2,1H3. The summed E-state index contributed by atoms with van der Waals surface area (Å²) in [7, 11) is 1.47. The number of ether oxygens (including phenoxy) is 3. The molecule has 2 aliphatic heterocycles. The van der Waals surface area contributed by atoms with Crippen LogP contribution in [0.3, 0.4) is 0 Å². The number of methoxy groups -OCH3 is 1. The van der Waals surface area contributed by atoms with Crippen molar-refractivity contribution in [1.82, 2.24) is 5.32 Å². The quantitative estimate of drug-likeness (QED) is 0.926. The summed E-state index contributed by atoms with van der Waals surface area (Å²) in [6.07, 6.45) is 0.918. The van der Waals surface area contributed by atoms with Gasteiger partial charge in [0.2, 0.25) is 6.79 Å². The van der Waals surface area contributed by atoms with Crippen LogP contribution in [0.5, 0.6) is 17.2 Å². The van der Waals surface area contributed by atoms with Gasteiger partial charge in [-0.05, 0) is 47.4 Å². The molecule has 0 bridgehead atoms. The SMILES string of the molecule is COc1ccc(C2NCCc3cc4c(cc32)OCO4)cc1F. The summed E-state index contributed by atoms with van der Waals surface area (Å²) in [4.78, 5) is 0. The van der Waals surface area contributed by atoms with Gasteiger partial charge in [0.05, 0.1) is 13.2 Å². The molecular formula is C17H16FNO3. The van der Waals surface area contributed by atoms with Crippen LogP contribution in [0.4, 0.5) is 4.39 Å². The monoisotopic (exact) mass is 301 g/mol. The van der Waals surface area contributed by atoms with Crippen molar-refractivity contribution in [2.24, 2.45) is 0 Å². The van der Waals surface area contributed by atoms with Crippen LogP contribution in [0.1, 0.15) is 22.7 Å². The molecule has 0 radical (unpaired) electrons. The number of rotatable bonds is 2. The van der Waals surface area contributed by atoms with E-state index in [0.717, 1.165) is 35.6 Å². The van der Waals surface area contributed by atoms with E-state index in [1.807, 2.05) is 18.2 Å². The molecule has 0 aliphatic carbocycles. The van der Waals surface area contributed by atoms with Gasteiger partial charge in [0.25, 0.3) is 0 Å². The van der Waals surface area contributed by atoms with E-state index < -0.39 is 0 Å². The predicted octanol–water partition coefficient (Wildman–Crippen LogP) is 2.80. The molecule has 1 unspecified atom stereocenters. The lowest BCUT2D eigenvalue weighted by Gasteiger charge is -2.28. The Morgan fingerprint density at radius 2 is 2.00 bits per heavy atom. The van der Waals surface area contributed by atoms with Gasteiger partial charge in [0, 0.05) is 6.54 Å². The van der Waals surface area contributed by atoms with Gasteiger partial charge in [-0.3, -0.25) is 0 Å². The van der Waals surface area contributed by atoms with Crippen LogP contribution in [-0.4, -0.2) is 20.4 Å². The fourth-order valence-corrected chi connectivity index (χ4v) is 3.11. The van der Waals surface area contributed by atoms with Gasteiger partial charge in [0.1, 0.15) is 0 Å². The van der Waals surface area contributed by atoms with E-state index in [-0.39, 0.29) is 24.4 Å². The second-order valence-electron chi connectivity index (χ2n) is 5.44. The number of hydrogen-bond acceptors (Lipinski definition) is 4. The van der Waals surface area contributed by atoms with Crippen molar-refractivity contribution in [2.75, 3.05) is 20.4 Å². The molecule has 0 amide bonds. The summed E-state index contributed by atoms with van der Waals surface area (Å²) in [5, 5.41) is 3.44. The fourth-order valence-electron chi connectivity index (χ4n) is 3.11. The first kappa shape index (κ1) is 13.4. The maximum atomic E-state index is 14.0. The van der Waals surface area contributed by atoms with Crippen LogP contribution in [-0.2, 0) is 6.42 Å². The first-order valence-corrected chi connectivity index (χ1v) is 7.25. The molecule has 0 fully saturated rings. The van der Waals surface area contributed by atoms with E-state index >= 15 is 0 Å². The van der Waals surface area contributed by atoms with Gasteiger partial charge in [-0.25, -0.2) is 4.39 Å². The lowest BCUT2D eigenvalue weighted by atomic mass is 9.89. The Bertz CT molecular complexity index is 732. The molecule has 2 heterocycles. The third-order valence-corrected chi connectivity index (χ3v) is 4.20. The molecule has 4 nitrogen and oxygen atoms in total. The largest absolute Gasteiger partial charge is 0.494 e. The summed E-state index contributed by atoms with van der Waals surface area (Å²) in [6, 6.07) is 9.05. The van der Waals surface area contributed by atoms with Crippen LogP contribution in [0, 0.1) is 5.82 Å². The van der Waals surface area contributed by atoms with Crippen LogP contribution in [0.25, 0.3) is 0 Å². The smallest absolute Gasteiger partial charge is 0.231 e. The highest BCUT2D eigenvalue weighted by molar-refractivity contribution is 5.52. The van der Waals surface area contributed by atoms with Crippen molar-refractivity contribution in [3.63, 3.8) is 0 Å². The highest BCUT2D eigenvalue weighted by Crippen LogP contribution is 2.40. The molecule has 4 rings (SSSR count). The zero-order chi connectivity index (χ0) is 15.1. The van der Waals surface area contributed by atoms with E-state index in [4.69, 9.17) is 14.2 Å². The van der Waals surface area contributed by atoms with Crippen LogP contribution in [0.15, 0.2) is 30.3 Å². The summed E-state index contributed by atoms with van der Waals surface area (Å²) in [5.41, 5.74) is 3.20. The van der Waals surface area contributed by atoms with Gasteiger partial charge < -0.3 is 19.5 Å². The van der Waals surface area contributed by atoms with Crippen molar-refractivity contribution in [1.29, 1.82) is 0 Å². The van der Waals surface area contributed by atoms with Gasteiger partial charge >= 0.3 is 0 Å². The Labute approximate surface area is 127 Å². The summed E-state index contributed by atoms with van der Waals surface area (Å²) in [5.74, 6) is 1.45. The summed E-state index contributed by atoms with van der Waals surface area (Å²) >= 11 is 0. The normalized spacial score (nSPS) is 18.9. The zero-order valence-electron chi connectivity index (χ0n) is 12.2. The van der Waals surface area contributed by atoms with Crippen LogP contribution < -0.4 is 19.5 Å². The molecular weight excluding hydrogens is 285 g/mol. The van der Waals surface area contributed by atoms with E-state index in [9.17, 15) is 4.39 Å². The van der Waals surface area contributed by atoms with Crippen molar-refractivity contribution in [2.45, 2.75) is 12.5 Å². The number of benzene rings is 2. The summed E-state index contributed by atoms with van der Waals surface area (Å²) < 4.78 is 29.9. The number of nitrogens with one attached hydrogen (secondary N) is 1. The number of hydrogen-bond donors (Lipinski definition) is 1. The molecule has 114 valence electrons. The Morgan fingerprint density at radius 1 is 1.18 bits per heavy atom. The van der Waals surface area contributed by atoms with Crippen molar-refractivity contribution < 1.29 is 18.6 Å².